The molecule has 1 aliphatic rings. The van der Waals surface area contributed by atoms with E-state index in [1.54, 1.807) is 6.21 Å². The van der Waals surface area contributed by atoms with Crippen LogP contribution in [-0.2, 0) is 0 Å². The summed E-state index contributed by atoms with van der Waals surface area (Å²) >= 11 is 3.53. The number of halogens is 1. The van der Waals surface area contributed by atoms with Crippen molar-refractivity contribution < 1.29 is 0 Å². The van der Waals surface area contributed by atoms with Gasteiger partial charge in [0.25, 0.3) is 5.56 Å². The lowest BCUT2D eigenvalue weighted by Crippen LogP contribution is -2.25. The largest absolute Gasteiger partial charge is 0.361 e. The standard InChI is InChI=1S/C23H21BrN4O/c24-17-10-11-20-19(12-17)16(13-25-20)14-26-28-22(15-6-2-1-3-7-15)27-21-9-5-4-8-18(21)23(28)29/h4-5,8-15,25H,1-3,6-7H2. The highest BCUT2D eigenvalue weighted by Crippen LogP contribution is 2.31. The molecular formula is C23H21BrN4O. The molecule has 2 aromatic carbocycles. The summed E-state index contributed by atoms with van der Waals surface area (Å²) in [6.07, 6.45) is 9.39. The SMILES string of the molecule is O=c1c2ccccc2nc(C2CCCCC2)n1N=Cc1c[nH]c2ccc(Br)cc12. The van der Waals surface area contributed by atoms with Gasteiger partial charge in [-0.2, -0.15) is 9.78 Å². The number of nitrogens with one attached hydrogen (secondary N) is 1. The highest BCUT2D eigenvalue weighted by atomic mass is 79.9. The number of hydrogen-bond donors (Lipinski definition) is 1. The lowest BCUT2D eigenvalue weighted by atomic mass is 9.88. The van der Waals surface area contributed by atoms with E-state index in [1.165, 1.54) is 23.9 Å². The van der Waals surface area contributed by atoms with Crippen LogP contribution in [0.4, 0.5) is 0 Å². The zero-order valence-electron chi connectivity index (χ0n) is 15.9. The molecule has 0 saturated heterocycles. The van der Waals surface area contributed by atoms with Gasteiger partial charge in [-0.25, -0.2) is 4.98 Å². The molecule has 0 bridgehead atoms. The van der Waals surface area contributed by atoms with Crippen molar-refractivity contribution in [3.63, 3.8) is 0 Å². The summed E-state index contributed by atoms with van der Waals surface area (Å²) in [4.78, 5) is 21.4. The smallest absolute Gasteiger partial charge is 0.282 e. The Balaban J connectivity index is 1.66. The fraction of sp³-hybridized carbons (Fsp3) is 0.261. The van der Waals surface area contributed by atoms with Crippen molar-refractivity contribution in [1.29, 1.82) is 0 Å². The third kappa shape index (κ3) is 3.42. The van der Waals surface area contributed by atoms with E-state index in [9.17, 15) is 4.79 Å². The third-order valence-corrected chi connectivity index (χ3v) is 6.23. The van der Waals surface area contributed by atoms with Gasteiger partial charge in [0.15, 0.2) is 0 Å². The Morgan fingerprint density at radius 1 is 1.10 bits per heavy atom. The van der Waals surface area contributed by atoms with Crippen LogP contribution in [-0.4, -0.2) is 20.9 Å². The highest BCUT2D eigenvalue weighted by molar-refractivity contribution is 9.10. The molecule has 0 atom stereocenters. The molecule has 4 aromatic rings. The van der Waals surface area contributed by atoms with Gasteiger partial charge in [0.05, 0.1) is 17.1 Å². The molecule has 0 aliphatic heterocycles. The lowest BCUT2D eigenvalue weighted by Gasteiger charge is -2.22. The quantitative estimate of drug-likeness (QED) is 0.416. The Labute approximate surface area is 176 Å². The maximum atomic E-state index is 13.3. The van der Waals surface area contributed by atoms with Crippen molar-refractivity contribution in [1.82, 2.24) is 14.6 Å². The van der Waals surface area contributed by atoms with Crippen LogP contribution in [0.15, 0.2) is 63.0 Å². The second kappa shape index (κ2) is 7.59. The fourth-order valence-electron chi connectivity index (χ4n) is 4.22. The summed E-state index contributed by atoms with van der Waals surface area (Å²) in [6, 6.07) is 13.6. The molecule has 5 rings (SSSR count). The van der Waals surface area contributed by atoms with Crippen molar-refractivity contribution in [2.24, 2.45) is 5.10 Å². The molecule has 0 radical (unpaired) electrons. The zero-order chi connectivity index (χ0) is 19.8. The monoisotopic (exact) mass is 448 g/mol. The Hall–Kier alpha value is -2.73. The maximum absolute atomic E-state index is 13.3. The molecule has 0 spiro atoms. The van der Waals surface area contributed by atoms with Crippen LogP contribution in [0.3, 0.4) is 0 Å². The van der Waals surface area contributed by atoms with E-state index >= 15 is 0 Å². The van der Waals surface area contributed by atoms with E-state index in [-0.39, 0.29) is 11.5 Å². The van der Waals surface area contributed by atoms with Gasteiger partial charge in [0.1, 0.15) is 5.82 Å². The average Bonchev–Trinajstić information content (AvgIpc) is 3.15. The van der Waals surface area contributed by atoms with E-state index in [4.69, 9.17) is 4.98 Å². The molecule has 1 N–H and O–H groups in total. The van der Waals surface area contributed by atoms with Crippen LogP contribution in [0.5, 0.6) is 0 Å². The van der Waals surface area contributed by atoms with Gasteiger partial charge < -0.3 is 4.98 Å². The maximum Gasteiger partial charge on any atom is 0.282 e. The van der Waals surface area contributed by atoms with Gasteiger partial charge in [-0.15, -0.1) is 0 Å². The topological polar surface area (TPSA) is 63.0 Å². The third-order valence-electron chi connectivity index (χ3n) is 5.74. The Morgan fingerprint density at radius 3 is 2.79 bits per heavy atom. The second-order valence-corrected chi connectivity index (χ2v) is 8.53. The molecule has 146 valence electrons. The molecule has 0 unspecified atom stereocenters. The Morgan fingerprint density at radius 2 is 1.93 bits per heavy atom. The number of aromatic nitrogens is 3. The van der Waals surface area contributed by atoms with Crippen LogP contribution in [0.1, 0.15) is 49.4 Å². The molecule has 1 aliphatic carbocycles. The van der Waals surface area contributed by atoms with Crippen molar-refractivity contribution in [2.75, 3.05) is 0 Å². The molecule has 2 aromatic heterocycles. The summed E-state index contributed by atoms with van der Waals surface area (Å²) in [5, 5.41) is 6.30. The van der Waals surface area contributed by atoms with E-state index in [0.29, 0.717) is 5.39 Å². The number of aromatic amines is 1. The highest BCUT2D eigenvalue weighted by Gasteiger charge is 2.22. The molecule has 6 heteroatoms. The predicted molar refractivity (Wildman–Crippen MR) is 121 cm³/mol. The normalized spacial score (nSPS) is 15.6. The molecule has 29 heavy (non-hydrogen) atoms. The van der Waals surface area contributed by atoms with Crippen LogP contribution >= 0.6 is 15.9 Å². The van der Waals surface area contributed by atoms with Gasteiger partial charge in [0, 0.05) is 33.1 Å². The van der Waals surface area contributed by atoms with Crippen molar-refractivity contribution in [3.8, 4) is 0 Å². The van der Waals surface area contributed by atoms with Gasteiger partial charge in [-0.1, -0.05) is 47.3 Å². The van der Waals surface area contributed by atoms with E-state index in [1.807, 2.05) is 42.6 Å². The first-order valence-electron chi connectivity index (χ1n) is 10.0. The summed E-state index contributed by atoms with van der Waals surface area (Å²) < 4.78 is 2.53. The number of para-hydroxylation sites is 1. The van der Waals surface area contributed by atoms with Crippen LogP contribution in [0.25, 0.3) is 21.8 Å². The summed E-state index contributed by atoms with van der Waals surface area (Å²) in [6.45, 7) is 0. The van der Waals surface area contributed by atoms with Crippen LogP contribution < -0.4 is 5.56 Å². The minimum absolute atomic E-state index is 0.103. The number of fused-ring (bicyclic) bond motifs is 2. The molecule has 1 fully saturated rings. The van der Waals surface area contributed by atoms with E-state index in [0.717, 1.165) is 45.1 Å². The lowest BCUT2D eigenvalue weighted by molar-refractivity contribution is 0.416. The van der Waals surface area contributed by atoms with Gasteiger partial charge in [-0.3, -0.25) is 4.79 Å². The van der Waals surface area contributed by atoms with Crippen LogP contribution in [0, 0.1) is 0 Å². The van der Waals surface area contributed by atoms with Crippen molar-refractivity contribution >= 4 is 44.0 Å². The first kappa shape index (κ1) is 18.3. The number of benzene rings is 2. The molecule has 0 amide bonds. The minimum Gasteiger partial charge on any atom is -0.361 e. The van der Waals surface area contributed by atoms with Gasteiger partial charge >= 0.3 is 0 Å². The Bertz CT molecular complexity index is 1280. The number of rotatable bonds is 3. The molecular weight excluding hydrogens is 428 g/mol. The minimum atomic E-state index is -0.103. The van der Waals surface area contributed by atoms with Crippen LogP contribution in [0.2, 0.25) is 0 Å². The van der Waals surface area contributed by atoms with Gasteiger partial charge in [0.2, 0.25) is 0 Å². The Kier molecular flexibility index (Phi) is 4.79. The number of H-pyrrole nitrogens is 1. The fourth-order valence-corrected chi connectivity index (χ4v) is 4.58. The predicted octanol–water partition coefficient (Wildman–Crippen LogP) is 5.57. The average molecular weight is 449 g/mol. The van der Waals surface area contributed by atoms with Crippen molar-refractivity contribution in [3.05, 3.63) is 74.9 Å². The molecule has 1 saturated carbocycles. The second-order valence-electron chi connectivity index (χ2n) is 7.62. The number of hydrogen-bond acceptors (Lipinski definition) is 3. The first-order chi connectivity index (χ1) is 14.2. The summed E-state index contributed by atoms with van der Waals surface area (Å²) in [5.41, 5.74) is 2.62. The van der Waals surface area contributed by atoms with E-state index < -0.39 is 0 Å². The van der Waals surface area contributed by atoms with E-state index in [2.05, 4.69) is 32.1 Å². The summed E-state index contributed by atoms with van der Waals surface area (Å²) in [7, 11) is 0. The first-order valence-corrected chi connectivity index (χ1v) is 10.8. The summed E-state index contributed by atoms with van der Waals surface area (Å²) in [5.74, 6) is 1.06. The zero-order valence-corrected chi connectivity index (χ0v) is 17.5. The molecule has 5 nitrogen and oxygen atoms in total. The molecule has 2 heterocycles. The number of nitrogens with zero attached hydrogens (tertiary/aromatic N) is 3. The van der Waals surface area contributed by atoms with Crippen molar-refractivity contribution in [2.45, 2.75) is 38.0 Å². The van der Waals surface area contributed by atoms with Gasteiger partial charge in [-0.05, 0) is 43.2 Å².